The number of para-hydroxylation sites is 1. The Morgan fingerprint density at radius 1 is 0.867 bits per heavy atom. The minimum Gasteiger partial charge on any atom is -0.493 e. The molecule has 3 aromatic rings. The second-order valence-corrected chi connectivity index (χ2v) is 8.28. The first-order valence-electron chi connectivity index (χ1n) is 10.7. The van der Waals surface area contributed by atoms with Gasteiger partial charge < -0.3 is 4.74 Å². The van der Waals surface area contributed by atoms with Crippen molar-refractivity contribution in [3.8, 4) is 5.75 Å². The molecule has 154 valence electrons. The minimum absolute atomic E-state index is 0.177. The molecule has 1 atom stereocenters. The number of nitrogens with zero attached hydrogens (tertiary/aromatic N) is 1. The van der Waals surface area contributed by atoms with Crippen LogP contribution in [0.5, 0.6) is 5.75 Å². The third kappa shape index (κ3) is 5.49. The van der Waals surface area contributed by atoms with Crippen molar-refractivity contribution in [1.29, 1.82) is 0 Å². The van der Waals surface area contributed by atoms with Crippen molar-refractivity contribution in [2.45, 2.75) is 34.1 Å². The summed E-state index contributed by atoms with van der Waals surface area (Å²) in [6.45, 7) is 9.77. The van der Waals surface area contributed by atoms with Crippen molar-refractivity contribution in [1.82, 2.24) is 0 Å². The van der Waals surface area contributed by atoms with E-state index in [0.717, 1.165) is 41.2 Å². The molecule has 0 radical (unpaired) electrons. The van der Waals surface area contributed by atoms with Crippen LogP contribution in [0, 0.1) is 11.3 Å². The number of benzene rings is 3. The summed E-state index contributed by atoms with van der Waals surface area (Å²) in [7, 11) is 0. The Hall–Kier alpha value is -3.09. The highest BCUT2D eigenvalue weighted by Gasteiger charge is 2.27. The normalized spacial score (nSPS) is 12.7. The predicted octanol–water partition coefficient (Wildman–Crippen LogP) is 7.57. The summed E-state index contributed by atoms with van der Waals surface area (Å²) < 4.78 is 6.14. The van der Waals surface area contributed by atoms with E-state index in [2.05, 4.69) is 62.8 Å². The molecule has 0 heterocycles. The zero-order valence-corrected chi connectivity index (χ0v) is 18.4. The molecule has 0 aliphatic heterocycles. The Morgan fingerprint density at radius 2 is 1.43 bits per heavy atom. The quantitative estimate of drug-likeness (QED) is 0.359. The second kappa shape index (κ2) is 10.1. The highest BCUT2D eigenvalue weighted by atomic mass is 16.5. The first kappa shape index (κ1) is 21.6. The standard InChI is InChI=1S/C28H31NO/c1-5-28(4,22(2)3)21-30-26-18-16-24(17-19-26)27(23-12-8-6-9-13-23)20-29-25-14-10-7-11-15-25/h6-19,22H,5,21H2,1-4H3. The summed E-state index contributed by atoms with van der Waals surface area (Å²) in [6, 6.07) is 28.4. The smallest absolute Gasteiger partial charge is 0.119 e. The van der Waals surface area contributed by atoms with Crippen LogP contribution in [0.2, 0.25) is 0 Å². The topological polar surface area (TPSA) is 21.6 Å². The zero-order chi connectivity index (χ0) is 21.4. The van der Waals surface area contributed by atoms with Crippen LogP contribution >= 0.6 is 0 Å². The van der Waals surface area contributed by atoms with Crippen LogP contribution in [-0.4, -0.2) is 12.5 Å². The van der Waals surface area contributed by atoms with Crippen molar-refractivity contribution >= 4 is 17.1 Å². The summed E-state index contributed by atoms with van der Waals surface area (Å²) in [4.78, 5) is 4.56. The summed E-state index contributed by atoms with van der Waals surface area (Å²) in [6.07, 6.45) is 1.10. The van der Waals surface area contributed by atoms with Crippen LogP contribution in [0.25, 0.3) is 5.57 Å². The van der Waals surface area contributed by atoms with Gasteiger partial charge in [-0.1, -0.05) is 76.2 Å². The van der Waals surface area contributed by atoms with Gasteiger partial charge in [0.1, 0.15) is 5.75 Å². The Bertz CT molecular complexity index is 984. The maximum absolute atomic E-state index is 6.14. The fraction of sp³-hybridized carbons (Fsp3) is 0.286. The van der Waals surface area contributed by atoms with Gasteiger partial charge in [-0.05, 0) is 65.7 Å². The molecule has 0 fully saturated rings. The molecular weight excluding hydrogens is 366 g/mol. The Balaban J connectivity index is 1.87. The van der Waals surface area contributed by atoms with E-state index in [1.54, 1.807) is 0 Å². The largest absolute Gasteiger partial charge is 0.493 e. The van der Waals surface area contributed by atoms with Crippen LogP contribution < -0.4 is 4.74 Å². The minimum atomic E-state index is 0.177. The van der Waals surface area contributed by atoms with E-state index in [1.807, 2.05) is 60.7 Å². The monoisotopic (exact) mass is 397 g/mol. The molecule has 2 heteroatoms. The number of rotatable bonds is 8. The van der Waals surface area contributed by atoms with Gasteiger partial charge in [0.05, 0.1) is 17.9 Å². The average Bonchev–Trinajstić information content (AvgIpc) is 2.79. The molecule has 3 rings (SSSR count). The Morgan fingerprint density at radius 3 is 2.00 bits per heavy atom. The van der Waals surface area contributed by atoms with Crippen LogP contribution in [0.4, 0.5) is 5.69 Å². The molecule has 30 heavy (non-hydrogen) atoms. The van der Waals surface area contributed by atoms with Gasteiger partial charge in [-0.3, -0.25) is 0 Å². The number of hydrogen-bond donors (Lipinski definition) is 0. The van der Waals surface area contributed by atoms with Crippen molar-refractivity contribution in [2.75, 3.05) is 6.61 Å². The number of aliphatic imine (C=N–C) groups is 1. The van der Waals surface area contributed by atoms with Crippen LogP contribution in [-0.2, 0) is 0 Å². The van der Waals surface area contributed by atoms with Crippen molar-refractivity contribution < 1.29 is 4.74 Å². The summed E-state index contributed by atoms with van der Waals surface area (Å²) >= 11 is 0. The van der Waals surface area contributed by atoms with E-state index in [4.69, 9.17) is 4.74 Å². The molecule has 1 unspecified atom stereocenters. The fourth-order valence-electron chi connectivity index (χ4n) is 3.17. The molecule has 0 aliphatic rings. The fourth-order valence-corrected chi connectivity index (χ4v) is 3.17. The average molecular weight is 398 g/mol. The zero-order valence-electron chi connectivity index (χ0n) is 18.4. The molecular formula is C28H31NO. The van der Waals surface area contributed by atoms with Crippen LogP contribution in [0.1, 0.15) is 45.2 Å². The molecule has 2 nitrogen and oxygen atoms in total. The van der Waals surface area contributed by atoms with Crippen LogP contribution in [0.3, 0.4) is 0 Å². The molecule has 0 N–H and O–H groups in total. The Labute approximate surface area is 181 Å². The maximum atomic E-state index is 6.14. The van der Waals surface area contributed by atoms with E-state index >= 15 is 0 Å². The van der Waals surface area contributed by atoms with Gasteiger partial charge in [-0.25, -0.2) is 4.99 Å². The molecule has 0 aliphatic carbocycles. The van der Waals surface area contributed by atoms with E-state index < -0.39 is 0 Å². The van der Waals surface area contributed by atoms with E-state index in [-0.39, 0.29) is 5.41 Å². The highest BCUT2D eigenvalue weighted by molar-refractivity contribution is 5.99. The first-order valence-corrected chi connectivity index (χ1v) is 10.7. The van der Waals surface area contributed by atoms with Crippen molar-refractivity contribution in [3.05, 3.63) is 96.1 Å². The SMILES string of the molecule is CCC(C)(COc1ccc(C(=C=Nc2ccccc2)c2ccccc2)cc1)C(C)C. The number of hydrogen-bond acceptors (Lipinski definition) is 2. The lowest BCUT2D eigenvalue weighted by atomic mass is 9.78. The summed E-state index contributed by atoms with van der Waals surface area (Å²) in [5.41, 5.74) is 4.18. The molecule has 3 aromatic carbocycles. The highest BCUT2D eigenvalue weighted by Crippen LogP contribution is 2.32. The molecule has 0 saturated heterocycles. The van der Waals surface area contributed by atoms with Gasteiger partial charge >= 0.3 is 0 Å². The van der Waals surface area contributed by atoms with E-state index in [9.17, 15) is 0 Å². The van der Waals surface area contributed by atoms with Gasteiger partial charge in [-0.2, -0.15) is 0 Å². The molecule has 0 saturated carbocycles. The third-order valence-corrected chi connectivity index (χ3v) is 6.03. The van der Waals surface area contributed by atoms with Gasteiger partial charge in [0, 0.05) is 5.41 Å². The lowest BCUT2D eigenvalue weighted by molar-refractivity contribution is 0.106. The van der Waals surface area contributed by atoms with Gasteiger partial charge in [-0.15, -0.1) is 0 Å². The maximum Gasteiger partial charge on any atom is 0.119 e. The number of ether oxygens (including phenoxy) is 1. The third-order valence-electron chi connectivity index (χ3n) is 6.03. The lowest BCUT2D eigenvalue weighted by Crippen LogP contribution is -2.30. The molecule has 0 spiro atoms. The second-order valence-electron chi connectivity index (χ2n) is 8.28. The molecule has 0 amide bonds. The first-order chi connectivity index (χ1) is 14.5. The van der Waals surface area contributed by atoms with Gasteiger partial charge in [0.25, 0.3) is 0 Å². The predicted molar refractivity (Wildman–Crippen MR) is 128 cm³/mol. The van der Waals surface area contributed by atoms with Crippen molar-refractivity contribution in [2.24, 2.45) is 16.3 Å². The lowest BCUT2D eigenvalue weighted by Gasteiger charge is -2.32. The summed E-state index contributed by atoms with van der Waals surface area (Å²) in [5, 5.41) is 0. The van der Waals surface area contributed by atoms with Crippen LogP contribution in [0.15, 0.2) is 89.9 Å². The molecule has 0 aromatic heterocycles. The van der Waals surface area contributed by atoms with E-state index in [1.165, 1.54) is 0 Å². The van der Waals surface area contributed by atoms with E-state index in [0.29, 0.717) is 5.92 Å². The summed E-state index contributed by atoms with van der Waals surface area (Å²) in [5.74, 6) is 4.74. The molecule has 0 bridgehead atoms. The van der Waals surface area contributed by atoms with Crippen molar-refractivity contribution in [3.63, 3.8) is 0 Å². The van der Waals surface area contributed by atoms with Gasteiger partial charge in [0.15, 0.2) is 0 Å². The van der Waals surface area contributed by atoms with Gasteiger partial charge in [0.2, 0.25) is 0 Å². The Kier molecular flexibility index (Phi) is 7.27.